The van der Waals surface area contributed by atoms with E-state index in [1.165, 1.54) is 17.0 Å². The molecule has 1 aromatic carbocycles. The van der Waals surface area contributed by atoms with E-state index in [1.54, 1.807) is 7.05 Å². The average Bonchev–Trinajstić information content (AvgIpc) is 2.21. The smallest absolute Gasteiger partial charge is 0.182 e. The first-order valence-electron chi connectivity index (χ1n) is 4.58. The van der Waals surface area contributed by atoms with Gasteiger partial charge in [-0.1, -0.05) is 12.2 Å². The van der Waals surface area contributed by atoms with Crippen LogP contribution in [0.15, 0.2) is 12.1 Å². The van der Waals surface area contributed by atoms with Gasteiger partial charge in [-0.3, -0.25) is 0 Å². The minimum Gasteiger partial charge on any atom is -0.395 e. The maximum atomic E-state index is 13.6. The van der Waals surface area contributed by atoms with Crippen molar-refractivity contribution in [1.29, 1.82) is 0 Å². The largest absolute Gasteiger partial charge is 0.395 e. The fraction of sp³-hybridized carbons (Fsp3) is 0.300. The first kappa shape index (κ1) is 12.8. The molecule has 0 radical (unpaired) electrons. The highest BCUT2D eigenvalue weighted by Gasteiger charge is 2.16. The van der Waals surface area contributed by atoms with Crippen LogP contribution in [0.25, 0.3) is 0 Å². The fourth-order valence-corrected chi connectivity index (χ4v) is 1.45. The van der Waals surface area contributed by atoms with E-state index in [0.29, 0.717) is 0 Å². The van der Waals surface area contributed by atoms with Gasteiger partial charge >= 0.3 is 0 Å². The summed E-state index contributed by atoms with van der Waals surface area (Å²) in [6.07, 6.45) is 0. The van der Waals surface area contributed by atoms with Gasteiger partial charge in [0.1, 0.15) is 4.99 Å². The molecule has 6 heteroatoms. The summed E-state index contributed by atoms with van der Waals surface area (Å²) in [7, 11) is 1.55. The standard InChI is InChI=1S/C10H12F2N2OS/c1-14(4-5-15)7-3-2-6(10(13)16)8(11)9(7)12/h2-3,15H,4-5H2,1H3,(H2,13,16). The quantitative estimate of drug-likeness (QED) is 0.779. The fourth-order valence-electron chi connectivity index (χ4n) is 1.29. The number of nitrogens with zero attached hydrogens (tertiary/aromatic N) is 1. The number of hydrogen-bond donors (Lipinski definition) is 2. The van der Waals surface area contributed by atoms with E-state index in [0.717, 1.165) is 0 Å². The van der Waals surface area contributed by atoms with Gasteiger partial charge < -0.3 is 15.7 Å². The molecule has 0 bridgehead atoms. The molecule has 88 valence electrons. The highest BCUT2D eigenvalue weighted by Crippen LogP contribution is 2.23. The predicted octanol–water partition coefficient (Wildman–Crippen LogP) is 1.03. The number of benzene rings is 1. The van der Waals surface area contributed by atoms with Gasteiger partial charge in [-0.15, -0.1) is 0 Å². The summed E-state index contributed by atoms with van der Waals surface area (Å²) in [5.74, 6) is -2.07. The number of rotatable bonds is 4. The third-order valence-electron chi connectivity index (χ3n) is 2.17. The molecule has 0 saturated heterocycles. The highest BCUT2D eigenvalue weighted by molar-refractivity contribution is 7.80. The van der Waals surface area contributed by atoms with Gasteiger partial charge in [-0.05, 0) is 12.1 Å². The number of hydrogen-bond acceptors (Lipinski definition) is 3. The third kappa shape index (κ3) is 2.45. The van der Waals surface area contributed by atoms with Crippen LogP contribution in [0.5, 0.6) is 0 Å². The minimum atomic E-state index is -1.06. The number of aliphatic hydroxyl groups is 1. The second kappa shape index (κ2) is 5.18. The van der Waals surface area contributed by atoms with Crippen molar-refractivity contribution in [1.82, 2.24) is 0 Å². The summed E-state index contributed by atoms with van der Waals surface area (Å²) in [4.78, 5) is 1.22. The van der Waals surface area contributed by atoms with Crippen LogP contribution in [0.3, 0.4) is 0 Å². The summed E-state index contributed by atoms with van der Waals surface area (Å²) < 4.78 is 27.1. The molecule has 0 spiro atoms. The lowest BCUT2D eigenvalue weighted by Gasteiger charge is -2.19. The van der Waals surface area contributed by atoms with Gasteiger partial charge in [-0.2, -0.15) is 0 Å². The number of thiocarbonyl (C=S) groups is 1. The molecule has 0 fully saturated rings. The molecule has 0 aliphatic rings. The normalized spacial score (nSPS) is 10.2. The molecule has 16 heavy (non-hydrogen) atoms. The van der Waals surface area contributed by atoms with Crippen molar-refractivity contribution < 1.29 is 13.9 Å². The molecule has 0 atom stereocenters. The van der Waals surface area contributed by atoms with Gasteiger partial charge in [0.25, 0.3) is 0 Å². The van der Waals surface area contributed by atoms with Crippen LogP contribution >= 0.6 is 12.2 Å². The van der Waals surface area contributed by atoms with E-state index in [4.69, 9.17) is 10.8 Å². The lowest BCUT2D eigenvalue weighted by molar-refractivity contribution is 0.303. The molecule has 1 rings (SSSR count). The van der Waals surface area contributed by atoms with E-state index in [2.05, 4.69) is 12.2 Å². The second-order valence-corrected chi connectivity index (χ2v) is 3.71. The molecular formula is C10H12F2N2OS. The van der Waals surface area contributed by atoms with Crippen molar-refractivity contribution in [2.45, 2.75) is 0 Å². The zero-order chi connectivity index (χ0) is 12.3. The van der Waals surface area contributed by atoms with Gasteiger partial charge in [0.05, 0.1) is 12.3 Å². The highest BCUT2D eigenvalue weighted by atomic mass is 32.1. The van der Waals surface area contributed by atoms with Crippen LogP contribution in [0.2, 0.25) is 0 Å². The molecule has 3 N–H and O–H groups in total. The maximum Gasteiger partial charge on any atom is 0.182 e. The average molecular weight is 246 g/mol. The number of halogens is 2. The monoisotopic (exact) mass is 246 g/mol. The van der Waals surface area contributed by atoms with Crippen molar-refractivity contribution in [3.8, 4) is 0 Å². The van der Waals surface area contributed by atoms with Gasteiger partial charge in [0.2, 0.25) is 0 Å². The van der Waals surface area contributed by atoms with Crippen molar-refractivity contribution in [3.63, 3.8) is 0 Å². The molecule has 0 aliphatic heterocycles. The number of likely N-dealkylation sites (N-methyl/N-ethyl adjacent to an activating group) is 1. The Bertz CT molecular complexity index is 412. The van der Waals surface area contributed by atoms with Gasteiger partial charge in [-0.25, -0.2) is 8.78 Å². The maximum absolute atomic E-state index is 13.6. The summed E-state index contributed by atoms with van der Waals surface area (Å²) in [5.41, 5.74) is 5.18. The van der Waals surface area contributed by atoms with E-state index >= 15 is 0 Å². The molecule has 0 aromatic heterocycles. The van der Waals surface area contributed by atoms with E-state index in [1.807, 2.05) is 0 Å². The number of anilines is 1. The first-order chi connectivity index (χ1) is 7.49. The Kier molecular flexibility index (Phi) is 4.14. The topological polar surface area (TPSA) is 49.5 Å². The van der Waals surface area contributed by atoms with Crippen molar-refractivity contribution in [2.75, 3.05) is 25.1 Å². The Hall–Kier alpha value is -1.27. The van der Waals surface area contributed by atoms with Crippen LogP contribution in [0.1, 0.15) is 5.56 Å². The van der Waals surface area contributed by atoms with E-state index in [-0.39, 0.29) is 29.4 Å². The molecule has 0 unspecified atom stereocenters. The summed E-state index contributed by atoms with van der Waals surface area (Å²) in [5, 5.41) is 8.70. The Morgan fingerprint density at radius 2 is 2.06 bits per heavy atom. The van der Waals surface area contributed by atoms with Crippen molar-refractivity contribution in [3.05, 3.63) is 29.3 Å². The Morgan fingerprint density at radius 3 is 2.56 bits per heavy atom. The molecule has 0 saturated carbocycles. The molecule has 1 aromatic rings. The van der Waals surface area contributed by atoms with Crippen molar-refractivity contribution in [2.24, 2.45) is 5.73 Å². The SMILES string of the molecule is CN(CCO)c1ccc(C(N)=S)c(F)c1F. The van der Waals surface area contributed by atoms with Gasteiger partial charge in [0.15, 0.2) is 11.6 Å². The number of aliphatic hydroxyl groups excluding tert-OH is 1. The van der Waals surface area contributed by atoms with Crippen LogP contribution in [0, 0.1) is 11.6 Å². The van der Waals surface area contributed by atoms with Gasteiger partial charge in [0, 0.05) is 19.2 Å². The lowest BCUT2D eigenvalue weighted by Crippen LogP contribution is -2.23. The van der Waals surface area contributed by atoms with Crippen LogP contribution in [0.4, 0.5) is 14.5 Å². The number of nitrogens with two attached hydrogens (primary N) is 1. The minimum absolute atomic E-state index is 0.0616. The molecule has 3 nitrogen and oxygen atoms in total. The second-order valence-electron chi connectivity index (χ2n) is 3.27. The zero-order valence-corrected chi connectivity index (χ0v) is 9.52. The Balaban J connectivity index is 3.16. The molecule has 0 heterocycles. The zero-order valence-electron chi connectivity index (χ0n) is 8.70. The van der Waals surface area contributed by atoms with Crippen molar-refractivity contribution >= 4 is 22.9 Å². The summed E-state index contributed by atoms with van der Waals surface area (Å²) in [6.45, 7) is 0.0669. The van der Waals surface area contributed by atoms with E-state index < -0.39 is 11.6 Å². The van der Waals surface area contributed by atoms with E-state index in [9.17, 15) is 8.78 Å². The van der Waals surface area contributed by atoms with Crippen LogP contribution in [-0.4, -0.2) is 30.3 Å². The summed E-state index contributed by atoms with van der Waals surface area (Å²) in [6, 6.07) is 2.70. The van der Waals surface area contributed by atoms with Crippen LogP contribution < -0.4 is 10.6 Å². The summed E-state index contributed by atoms with van der Waals surface area (Å²) >= 11 is 4.59. The molecular weight excluding hydrogens is 234 g/mol. The van der Waals surface area contributed by atoms with Crippen LogP contribution in [-0.2, 0) is 0 Å². The Morgan fingerprint density at radius 1 is 1.44 bits per heavy atom. The predicted molar refractivity (Wildman–Crippen MR) is 62.6 cm³/mol. The first-order valence-corrected chi connectivity index (χ1v) is 4.99. The lowest BCUT2D eigenvalue weighted by atomic mass is 10.1. The molecule has 0 amide bonds. The molecule has 0 aliphatic carbocycles. The third-order valence-corrected chi connectivity index (χ3v) is 2.39. The Labute approximate surface area is 97.5 Å².